The van der Waals surface area contributed by atoms with Crippen LogP contribution in [0.25, 0.3) is 0 Å². The van der Waals surface area contributed by atoms with Crippen LogP contribution in [0.2, 0.25) is 0 Å². The van der Waals surface area contributed by atoms with Gasteiger partial charge >= 0.3 is 0 Å². The van der Waals surface area contributed by atoms with Gasteiger partial charge in [0.2, 0.25) is 0 Å². The van der Waals surface area contributed by atoms with Crippen molar-refractivity contribution < 1.29 is 8.42 Å². The highest BCUT2D eigenvalue weighted by atomic mass is 32.2. The molecule has 5 nitrogen and oxygen atoms in total. The molecule has 2 fully saturated rings. The molecule has 0 saturated carbocycles. The Bertz CT molecular complexity index is 639. The van der Waals surface area contributed by atoms with Gasteiger partial charge in [-0.15, -0.1) is 0 Å². The maximum Gasteiger partial charge on any atom is 0.282 e. The molecular weight excluding hydrogens is 322 g/mol. The standard InChI is InChI=1S/C18H29N3O2S/c1-15-11-16(2)13-20(12-15)24(22,23)21-10-9-19(3)14-18(21)17-7-5-4-6-8-17/h4-8,15-16,18H,9-14H2,1-3H3. The van der Waals surface area contributed by atoms with Crippen molar-refractivity contribution in [2.24, 2.45) is 11.8 Å². The third kappa shape index (κ3) is 3.67. The first-order valence-corrected chi connectivity index (χ1v) is 10.3. The van der Waals surface area contributed by atoms with Crippen LogP contribution in [0.5, 0.6) is 0 Å². The van der Waals surface area contributed by atoms with Crippen LogP contribution in [0.3, 0.4) is 0 Å². The van der Waals surface area contributed by atoms with Crippen molar-refractivity contribution >= 4 is 10.2 Å². The summed E-state index contributed by atoms with van der Waals surface area (Å²) in [5.41, 5.74) is 1.07. The van der Waals surface area contributed by atoms with Crippen molar-refractivity contribution in [2.45, 2.75) is 26.3 Å². The van der Waals surface area contributed by atoms with E-state index in [9.17, 15) is 8.42 Å². The normalized spacial score (nSPS) is 31.2. The third-order valence-corrected chi connectivity index (χ3v) is 7.16. The van der Waals surface area contributed by atoms with E-state index in [2.05, 4.69) is 25.8 Å². The van der Waals surface area contributed by atoms with Crippen LogP contribution in [-0.4, -0.2) is 61.7 Å². The lowest BCUT2D eigenvalue weighted by atomic mass is 9.94. The molecule has 2 aliphatic rings. The van der Waals surface area contributed by atoms with Crippen molar-refractivity contribution in [3.05, 3.63) is 35.9 Å². The molecule has 2 heterocycles. The second-order valence-electron chi connectivity index (χ2n) is 7.57. The molecule has 0 amide bonds. The Labute approximate surface area is 146 Å². The number of nitrogens with zero attached hydrogens (tertiary/aromatic N) is 3. The number of hydrogen-bond acceptors (Lipinski definition) is 3. The maximum atomic E-state index is 13.4. The van der Waals surface area contributed by atoms with Gasteiger partial charge in [0.05, 0.1) is 6.04 Å². The molecule has 0 N–H and O–H groups in total. The molecule has 6 heteroatoms. The molecule has 24 heavy (non-hydrogen) atoms. The van der Waals surface area contributed by atoms with Crippen LogP contribution >= 0.6 is 0 Å². The molecule has 1 aromatic carbocycles. The summed E-state index contributed by atoms with van der Waals surface area (Å²) >= 11 is 0. The molecule has 3 rings (SSSR count). The Morgan fingerprint density at radius 3 is 2.21 bits per heavy atom. The minimum absolute atomic E-state index is 0.109. The van der Waals surface area contributed by atoms with E-state index in [1.54, 1.807) is 8.61 Å². The van der Waals surface area contributed by atoms with Crippen LogP contribution in [0.15, 0.2) is 30.3 Å². The van der Waals surface area contributed by atoms with E-state index in [4.69, 9.17) is 0 Å². The summed E-state index contributed by atoms with van der Waals surface area (Å²) in [6, 6.07) is 9.91. The summed E-state index contributed by atoms with van der Waals surface area (Å²) in [5, 5.41) is 0. The van der Waals surface area contributed by atoms with Gasteiger partial charge in [-0.2, -0.15) is 17.0 Å². The molecule has 1 aromatic rings. The maximum absolute atomic E-state index is 13.4. The van der Waals surface area contributed by atoms with Crippen LogP contribution in [0.1, 0.15) is 31.9 Å². The first-order chi connectivity index (χ1) is 11.4. The summed E-state index contributed by atoms with van der Waals surface area (Å²) in [6.07, 6.45) is 1.11. The number of likely N-dealkylation sites (N-methyl/N-ethyl adjacent to an activating group) is 1. The molecule has 2 saturated heterocycles. The number of benzene rings is 1. The summed E-state index contributed by atoms with van der Waals surface area (Å²) in [6.45, 7) is 7.65. The molecule has 0 aliphatic carbocycles. The minimum Gasteiger partial charge on any atom is -0.303 e. The highest BCUT2D eigenvalue weighted by Gasteiger charge is 2.40. The molecule has 0 spiro atoms. The molecule has 134 valence electrons. The zero-order valence-corrected chi connectivity index (χ0v) is 15.7. The van der Waals surface area contributed by atoms with Gasteiger partial charge in [-0.3, -0.25) is 0 Å². The average Bonchev–Trinajstić information content (AvgIpc) is 2.54. The molecule has 3 atom stereocenters. The van der Waals surface area contributed by atoms with Crippen LogP contribution in [0, 0.1) is 11.8 Å². The van der Waals surface area contributed by atoms with Crippen molar-refractivity contribution in [2.75, 3.05) is 39.8 Å². The Morgan fingerprint density at radius 2 is 1.58 bits per heavy atom. The third-order valence-electron chi connectivity index (χ3n) is 5.18. The Hall–Kier alpha value is -0.950. The summed E-state index contributed by atoms with van der Waals surface area (Å²) < 4.78 is 30.2. The van der Waals surface area contributed by atoms with E-state index in [0.29, 0.717) is 31.5 Å². The van der Waals surface area contributed by atoms with Gasteiger partial charge in [0.25, 0.3) is 10.2 Å². The lowest BCUT2D eigenvalue weighted by Gasteiger charge is -2.43. The predicted octanol–water partition coefficient (Wildman–Crippen LogP) is 2.20. The first kappa shape index (κ1) is 17.9. The monoisotopic (exact) mass is 351 g/mol. The van der Waals surface area contributed by atoms with Crippen molar-refractivity contribution in [3.8, 4) is 0 Å². The number of piperidine rings is 1. The van der Waals surface area contributed by atoms with Gasteiger partial charge < -0.3 is 4.90 Å². The Kier molecular flexibility index (Phi) is 5.30. The van der Waals surface area contributed by atoms with Crippen LogP contribution < -0.4 is 0 Å². The highest BCUT2D eigenvalue weighted by Crippen LogP contribution is 2.31. The molecule has 0 aromatic heterocycles. The lowest BCUT2D eigenvalue weighted by molar-refractivity contribution is 0.141. The summed E-state index contributed by atoms with van der Waals surface area (Å²) in [4.78, 5) is 2.21. The zero-order valence-electron chi connectivity index (χ0n) is 14.9. The fourth-order valence-electron chi connectivity index (χ4n) is 4.07. The van der Waals surface area contributed by atoms with E-state index >= 15 is 0 Å². The highest BCUT2D eigenvalue weighted by molar-refractivity contribution is 7.86. The summed E-state index contributed by atoms with van der Waals surface area (Å²) in [5.74, 6) is 0.845. The average molecular weight is 352 g/mol. The topological polar surface area (TPSA) is 43.9 Å². The minimum atomic E-state index is -3.43. The van der Waals surface area contributed by atoms with Gasteiger partial charge in [-0.1, -0.05) is 44.2 Å². The van der Waals surface area contributed by atoms with E-state index in [-0.39, 0.29) is 6.04 Å². The van der Waals surface area contributed by atoms with Gasteiger partial charge in [0.15, 0.2) is 0 Å². The smallest absolute Gasteiger partial charge is 0.282 e. The van der Waals surface area contributed by atoms with Crippen molar-refractivity contribution in [3.63, 3.8) is 0 Å². The van der Waals surface area contributed by atoms with Gasteiger partial charge in [0.1, 0.15) is 0 Å². The Balaban J connectivity index is 1.89. The molecule has 0 bridgehead atoms. The van der Waals surface area contributed by atoms with Crippen molar-refractivity contribution in [1.82, 2.24) is 13.5 Å². The van der Waals surface area contributed by atoms with E-state index in [1.165, 1.54) is 0 Å². The van der Waals surface area contributed by atoms with Crippen molar-refractivity contribution in [1.29, 1.82) is 0 Å². The first-order valence-electron chi connectivity index (χ1n) is 8.88. The predicted molar refractivity (Wildman–Crippen MR) is 96.8 cm³/mol. The quantitative estimate of drug-likeness (QED) is 0.838. The molecule has 2 aliphatic heterocycles. The van der Waals surface area contributed by atoms with E-state index in [1.807, 2.05) is 30.3 Å². The molecule has 0 radical (unpaired) electrons. The zero-order chi connectivity index (χ0) is 17.3. The lowest BCUT2D eigenvalue weighted by Crippen LogP contribution is -2.55. The number of hydrogen-bond donors (Lipinski definition) is 0. The fourth-order valence-corrected chi connectivity index (χ4v) is 6.07. The summed E-state index contributed by atoms with van der Waals surface area (Å²) in [7, 11) is -1.37. The SMILES string of the molecule is CC1CC(C)CN(S(=O)(=O)N2CCN(C)CC2c2ccccc2)C1. The van der Waals surface area contributed by atoms with Gasteiger partial charge in [0, 0.05) is 32.7 Å². The van der Waals surface area contributed by atoms with E-state index in [0.717, 1.165) is 25.1 Å². The van der Waals surface area contributed by atoms with Gasteiger partial charge in [-0.05, 0) is 30.9 Å². The van der Waals surface area contributed by atoms with Gasteiger partial charge in [-0.25, -0.2) is 0 Å². The Morgan fingerprint density at radius 1 is 0.958 bits per heavy atom. The second-order valence-corrected chi connectivity index (χ2v) is 9.45. The number of piperazine rings is 1. The molecular formula is C18H29N3O2S. The second kappa shape index (κ2) is 7.12. The van der Waals surface area contributed by atoms with Crippen LogP contribution in [-0.2, 0) is 10.2 Å². The largest absolute Gasteiger partial charge is 0.303 e. The van der Waals surface area contributed by atoms with E-state index < -0.39 is 10.2 Å². The molecule has 3 unspecified atom stereocenters. The fraction of sp³-hybridized carbons (Fsp3) is 0.667. The number of rotatable bonds is 3. The van der Waals surface area contributed by atoms with Crippen LogP contribution in [0.4, 0.5) is 0 Å².